The topological polar surface area (TPSA) is 44.0 Å². The van der Waals surface area contributed by atoms with Crippen LogP contribution in [0.5, 0.6) is 0 Å². The van der Waals surface area contributed by atoms with Crippen LogP contribution >= 0.6 is 12.2 Å². The molecule has 76 valence electrons. The highest BCUT2D eigenvalue weighted by molar-refractivity contribution is 7.80. The van der Waals surface area contributed by atoms with Gasteiger partial charge in [0.1, 0.15) is 5.82 Å². The second-order valence-electron chi connectivity index (χ2n) is 3.62. The zero-order valence-corrected chi connectivity index (χ0v) is 8.97. The average Bonchev–Trinajstić information content (AvgIpc) is 2.81. The lowest BCUT2D eigenvalue weighted by Crippen LogP contribution is -2.37. The summed E-state index contributed by atoms with van der Waals surface area (Å²) in [4.78, 5) is 9.19. The van der Waals surface area contributed by atoms with E-state index in [1.54, 1.807) is 6.20 Å². The Kier molecular flexibility index (Phi) is 2.67. The molecule has 0 unspecified atom stereocenters. The van der Waals surface area contributed by atoms with E-state index in [1.807, 2.05) is 18.1 Å². The molecule has 0 aromatic carbocycles. The monoisotopic (exact) mass is 210 g/mol. The summed E-state index contributed by atoms with van der Waals surface area (Å²) in [5.41, 5.74) is 0. The molecule has 0 spiro atoms. The Balaban J connectivity index is 1.81. The Morgan fingerprint density at radius 1 is 1.79 bits per heavy atom. The van der Waals surface area contributed by atoms with Crippen molar-refractivity contribution in [2.45, 2.75) is 25.4 Å². The first-order chi connectivity index (χ1) is 6.75. The van der Waals surface area contributed by atoms with Crippen LogP contribution < -0.4 is 5.32 Å². The van der Waals surface area contributed by atoms with Gasteiger partial charge in [0.15, 0.2) is 5.11 Å². The first-order valence-electron chi connectivity index (χ1n) is 4.75. The summed E-state index contributed by atoms with van der Waals surface area (Å²) in [6.45, 7) is 0.728. The largest absolute Gasteiger partial charge is 0.360 e. The Hall–Kier alpha value is -1.10. The van der Waals surface area contributed by atoms with Gasteiger partial charge in [-0.1, -0.05) is 0 Å². The molecule has 0 bridgehead atoms. The van der Waals surface area contributed by atoms with Crippen LogP contribution in [-0.2, 0) is 6.54 Å². The predicted octanol–water partition coefficient (Wildman–Crippen LogP) is 0.878. The lowest BCUT2D eigenvalue weighted by atomic mass is 10.5. The fourth-order valence-electron chi connectivity index (χ4n) is 1.19. The minimum absolute atomic E-state index is 0.613. The van der Waals surface area contributed by atoms with E-state index in [-0.39, 0.29) is 0 Å². The van der Waals surface area contributed by atoms with E-state index in [1.165, 1.54) is 12.8 Å². The molecule has 2 rings (SSSR count). The highest BCUT2D eigenvalue weighted by Crippen LogP contribution is 2.18. The van der Waals surface area contributed by atoms with E-state index in [0.717, 1.165) is 17.5 Å². The van der Waals surface area contributed by atoms with E-state index in [0.29, 0.717) is 6.04 Å². The summed E-state index contributed by atoms with van der Waals surface area (Å²) in [7, 11) is 1.97. The average molecular weight is 210 g/mol. The van der Waals surface area contributed by atoms with Crippen LogP contribution in [0.2, 0.25) is 0 Å². The van der Waals surface area contributed by atoms with E-state index in [2.05, 4.69) is 15.3 Å². The quantitative estimate of drug-likeness (QED) is 0.727. The van der Waals surface area contributed by atoms with Gasteiger partial charge >= 0.3 is 0 Å². The van der Waals surface area contributed by atoms with E-state index in [4.69, 9.17) is 12.2 Å². The first-order valence-corrected chi connectivity index (χ1v) is 5.16. The fourth-order valence-corrected chi connectivity index (χ4v) is 1.42. The predicted molar refractivity (Wildman–Crippen MR) is 58.8 cm³/mol. The second kappa shape index (κ2) is 3.96. The molecule has 1 aliphatic carbocycles. The van der Waals surface area contributed by atoms with Crippen LogP contribution in [0.4, 0.5) is 0 Å². The molecule has 1 fully saturated rings. The molecule has 5 heteroatoms. The van der Waals surface area contributed by atoms with Gasteiger partial charge in [-0.05, 0) is 25.1 Å². The number of hydrogen-bond acceptors (Lipinski definition) is 2. The van der Waals surface area contributed by atoms with Crippen molar-refractivity contribution < 1.29 is 0 Å². The maximum absolute atomic E-state index is 5.24. The molecule has 0 amide bonds. The maximum atomic E-state index is 5.24. The van der Waals surface area contributed by atoms with Gasteiger partial charge in [-0.3, -0.25) is 0 Å². The van der Waals surface area contributed by atoms with Crippen molar-refractivity contribution in [3.8, 4) is 0 Å². The molecule has 2 N–H and O–H groups in total. The molecule has 1 saturated carbocycles. The standard InChI is InChI=1S/C9H14N4S/c1-13(6-8-10-4-5-11-8)9(14)12-7-2-3-7/h4-5,7H,2-3,6H2,1H3,(H,10,11)(H,12,14). The molecule has 1 aromatic rings. The van der Waals surface area contributed by atoms with Crippen molar-refractivity contribution in [3.63, 3.8) is 0 Å². The highest BCUT2D eigenvalue weighted by atomic mass is 32.1. The number of nitrogens with one attached hydrogen (secondary N) is 2. The SMILES string of the molecule is CN(Cc1ncc[nH]1)C(=S)NC1CC1. The number of nitrogens with zero attached hydrogens (tertiary/aromatic N) is 2. The molecule has 14 heavy (non-hydrogen) atoms. The molecule has 4 nitrogen and oxygen atoms in total. The third-order valence-electron chi connectivity index (χ3n) is 2.19. The fraction of sp³-hybridized carbons (Fsp3) is 0.556. The van der Waals surface area contributed by atoms with Crippen LogP contribution in [0.25, 0.3) is 0 Å². The highest BCUT2D eigenvalue weighted by Gasteiger charge is 2.22. The van der Waals surface area contributed by atoms with Gasteiger partial charge in [-0.15, -0.1) is 0 Å². The van der Waals surface area contributed by atoms with Crippen LogP contribution in [0.1, 0.15) is 18.7 Å². The number of hydrogen-bond donors (Lipinski definition) is 2. The van der Waals surface area contributed by atoms with E-state index >= 15 is 0 Å². The number of H-pyrrole nitrogens is 1. The zero-order valence-electron chi connectivity index (χ0n) is 8.16. The number of aromatic nitrogens is 2. The van der Waals surface area contributed by atoms with Crippen molar-refractivity contribution in [1.29, 1.82) is 0 Å². The summed E-state index contributed by atoms with van der Waals surface area (Å²) < 4.78 is 0. The summed E-state index contributed by atoms with van der Waals surface area (Å²) in [6, 6.07) is 0.613. The van der Waals surface area contributed by atoms with Gasteiger partial charge in [0.25, 0.3) is 0 Å². The number of rotatable bonds is 3. The van der Waals surface area contributed by atoms with E-state index < -0.39 is 0 Å². The first kappa shape index (κ1) is 9.45. The van der Waals surface area contributed by atoms with Gasteiger partial charge in [0.05, 0.1) is 6.54 Å². The van der Waals surface area contributed by atoms with Crippen LogP contribution in [0.15, 0.2) is 12.4 Å². The Morgan fingerprint density at radius 3 is 3.14 bits per heavy atom. The van der Waals surface area contributed by atoms with Crippen molar-refractivity contribution in [3.05, 3.63) is 18.2 Å². The van der Waals surface area contributed by atoms with Crippen LogP contribution in [0.3, 0.4) is 0 Å². The molecule has 0 radical (unpaired) electrons. The van der Waals surface area contributed by atoms with Crippen LogP contribution in [0, 0.1) is 0 Å². The molecule has 1 heterocycles. The molecule has 0 atom stereocenters. The number of imidazole rings is 1. The lowest BCUT2D eigenvalue weighted by molar-refractivity contribution is 0.475. The van der Waals surface area contributed by atoms with E-state index in [9.17, 15) is 0 Å². The molecular weight excluding hydrogens is 196 g/mol. The summed E-state index contributed by atoms with van der Waals surface area (Å²) in [5, 5.41) is 4.09. The Bertz CT molecular complexity index is 305. The summed E-state index contributed by atoms with van der Waals surface area (Å²) in [6.07, 6.45) is 6.06. The third kappa shape index (κ3) is 2.45. The Labute approximate surface area is 88.7 Å². The van der Waals surface area contributed by atoms with Gasteiger partial charge < -0.3 is 15.2 Å². The Morgan fingerprint density at radius 2 is 2.57 bits per heavy atom. The minimum atomic E-state index is 0.613. The molecule has 0 saturated heterocycles. The normalized spacial score (nSPS) is 15.2. The third-order valence-corrected chi connectivity index (χ3v) is 2.62. The smallest absolute Gasteiger partial charge is 0.169 e. The molecule has 1 aromatic heterocycles. The van der Waals surface area contributed by atoms with Gasteiger partial charge in [-0.2, -0.15) is 0 Å². The summed E-state index contributed by atoms with van der Waals surface area (Å²) >= 11 is 5.24. The number of thiocarbonyl (C=S) groups is 1. The maximum Gasteiger partial charge on any atom is 0.169 e. The molecule has 1 aliphatic rings. The van der Waals surface area contributed by atoms with Gasteiger partial charge in [0, 0.05) is 25.5 Å². The second-order valence-corrected chi connectivity index (χ2v) is 4.00. The minimum Gasteiger partial charge on any atom is -0.360 e. The van der Waals surface area contributed by atoms with Crippen molar-refractivity contribution in [1.82, 2.24) is 20.2 Å². The lowest BCUT2D eigenvalue weighted by Gasteiger charge is -2.19. The molecular formula is C9H14N4S. The van der Waals surface area contributed by atoms with Crippen molar-refractivity contribution in [2.75, 3.05) is 7.05 Å². The van der Waals surface area contributed by atoms with Gasteiger partial charge in [-0.25, -0.2) is 4.98 Å². The van der Waals surface area contributed by atoms with Crippen molar-refractivity contribution in [2.24, 2.45) is 0 Å². The van der Waals surface area contributed by atoms with Gasteiger partial charge in [0.2, 0.25) is 0 Å². The zero-order chi connectivity index (χ0) is 9.97. The summed E-state index contributed by atoms with van der Waals surface area (Å²) in [5.74, 6) is 0.937. The molecule has 0 aliphatic heterocycles. The van der Waals surface area contributed by atoms with Crippen LogP contribution in [-0.4, -0.2) is 33.1 Å². The van der Waals surface area contributed by atoms with Crippen molar-refractivity contribution >= 4 is 17.3 Å². The number of aromatic amines is 1.